The molecular formula is C17H14F3N3O3S. The van der Waals surface area contributed by atoms with Gasteiger partial charge >= 0.3 is 6.18 Å². The average molecular weight is 397 g/mol. The zero-order valence-electron chi connectivity index (χ0n) is 14.0. The monoisotopic (exact) mass is 397 g/mol. The number of nitrogens with one attached hydrogen (secondary N) is 1. The number of nitrogens with zero attached hydrogens (tertiary/aromatic N) is 2. The maximum absolute atomic E-state index is 12.4. The van der Waals surface area contributed by atoms with Gasteiger partial charge in [0.15, 0.2) is 11.7 Å². The molecule has 0 fully saturated rings. The third-order valence-corrected chi connectivity index (χ3v) is 4.21. The van der Waals surface area contributed by atoms with Gasteiger partial charge in [-0.1, -0.05) is 11.3 Å². The number of alkyl halides is 3. The Labute approximate surface area is 156 Å². The van der Waals surface area contributed by atoms with E-state index in [0.29, 0.717) is 23.0 Å². The Morgan fingerprint density at radius 1 is 1.26 bits per heavy atom. The predicted octanol–water partition coefficient (Wildman–Crippen LogP) is 4.28. The van der Waals surface area contributed by atoms with E-state index < -0.39 is 24.6 Å². The summed E-state index contributed by atoms with van der Waals surface area (Å²) in [6, 6.07) is 8.08. The first kappa shape index (κ1) is 18.9. The van der Waals surface area contributed by atoms with Crippen molar-refractivity contribution >= 4 is 32.6 Å². The van der Waals surface area contributed by atoms with E-state index in [-0.39, 0.29) is 5.56 Å². The van der Waals surface area contributed by atoms with E-state index in [1.54, 1.807) is 18.2 Å². The van der Waals surface area contributed by atoms with E-state index in [0.717, 1.165) is 4.70 Å². The summed E-state index contributed by atoms with van der Waals surface area (Å²) in [7, 11) is 0. The van der Waals surface area contributed by atoms with Crippen LogP contribution in [0.4, 0.5) is 18.3 Å². The molecule has 10 heteroatoms. The van der Waals surface area contributed by atoms with Crippen LogP contribution in [0.25, 0.3) is 10.2 Å². The molecule has 3 rings (SSSR count). The number of thiazole rings is 1. The zero-order valence-corrected chi connectivity index (χ0v) is 14.9. The van der Waals surface area contributed by atoms with Crippen LogP contribution in [-0.2, 0) is 0 Å². The summed E-state index contributed by atoms with van der Waals surface area (Å²) in [5.74, 6) is -0.377. The molecule has 0 saturated heterocycles. The molecule has 0 radical (unpaired) electrons. The van der Waals surface area contributed by atoms with Crippen molar-refractivity contribution in [3.05, 3.63) is 42.1 Å². The fraction of sp³-hybridized carbons (Fsp3) is 0.235. The SMILES string of the molecule is CCOc1ccc2nc(NC(=O)c3cccnc3OCC(F)(F)F)sc2c1. The van der Waals surface area contributed by atoms with E-state index in [1.807, 2.05) is 6.92 Å². The molecule has 0 spiro atoms. The Hall–Kier alpha value is -2.88. The maximum atomic E-state index is 12.4. The highest BCUT2D eigenvalue weighted by Crippen LogP contribution is 2.30. The molecule has 0 aliphatic carbocycles. The topological polar surface area (TPSA) is 73.3 Å². The summed E-state index contributed by atoms with van der Waals surface area (Å²) in [4.78, 5) is 20.4. The molecule has 2 aromatic heterocycles. The van der Waals surface area contributed by atoms with E-state index in [9.17, 15) is 18.0 Å². The lowest BCUT2D eigenvalue weighted by Gasteiger charge is -2.11. The number of halogens is 3. The molecule has 3 aromatic rings. The van der Waals surface area contributed by atoms with Crippen molar-refractivity contribution in [3.63, 3.8) is 0 Å². The number of hydrogen-bond donors (Lipinski definition) is 1. The smallest absolute Gasteiger partial charge is 0.422 e. The second kappa shape index (κ2) is 7.78. The second-order valence-corrected chi connectivity index (χ2v) is 6.33. The minimum atomic E-state index is -4.53. The Kier molecular flexibility index (Phi) is 5.45. The highest BCUT2D eigenvalue weighted by atomic mass is 32.1. The number of pyridine rings is 1. The summed E-state index contributed by atoms with van der Waals surface area (Å²) >= 11 is 1.22. The van der Waals surface area contributed by atoms with Gasteiger partial charge in [0.1, 0.15) is 11.3 Å². The molecule has 0 atom stereocenters. The van der Waals surface area contributed by atoms with Gasteiger partial charge in [0, 0.05) is 6.20 Å². The fourth-order valence-electron chi connectivity index (χ4n) is 2.21. The number of aromatic nitrogens is 2. The lowest BCUT2D eigenvalue weighted by atomic mass is 10.2. The zero-order chi connectivity index (χ0) is 19.4. The summed E-state index contributed by atoms with van der Waals surface area (Å²) in [5, 5.41) is 2.86. The molecule has 1 N–H and O–H groups in total. The maximum Gasteiger partial charge on any atom is 0.422 e. The van der Waals surface area contributed by atoms with Gasteiger partial charge in [0.2, 0.25) is 5.88 Å². The molecule has 1 aromatic carbocycles. The standard InChI is InChI=1S/C17H14F3N3O3S/c1-2-25-10-5-6-12-13(8-10)27-16(22-12)23-14(24)11-4-3-7-21-15(11)26-9-17(18,19)20/h3-8H,2,9H2,1H3,(H,22,23,24). The highest BCUT2D eigenvalue weighted by molar-refractivity contribution is 7.22. The van der Waals surface area contributed by atoms with Gasteiger partial charge in [-0.05, 0) is 37.3 Å². The predicted molar refractivity (Wildman–Crippen MR) is 94.5 cm³/mol. The lowest BCUT2D eigenvalue weighted by Crippen LogP contribution is -2.21. The average Bonchev–Trinajstić information content (AvgIpc) is 3.01. The largest absolute Gasteiger partial charge is 0.494 e. The number of benzene rings is 1. The van der Waals surface area contributed by atoms with Crippen LogP contribution < -0.4 is 14.8 Å². The number of ether oxygens (including phenoxy) is 2. The van der Waals surface area contributed by atoms with Crippen LogP contribution in [-0.4, -0.2) is 35.3 Å². The molecule has 0 bridgehead atoms. The first-order valence-corrected chi connectivity index (χ1v) is 8.66. The first-order valence-electron chi connectivity index (χ1n) is 7.85. The minimum absolute atomic E-state index is 0.115. The van der Waals surface area contributed by atoms with Gasteiger partial charge in [-0.25, -0.2) is 9.97 Å². The van der Waals surface area contributed by atoms with Crippen LogP contribution in [0.5, 0.6) is 11.6 Å². The van der Waals surface area contributed by atoms with Crippen molar-refractivity contribution in [1.82, 2.24) is 9.97 Å². The number of carbonyl (C=O) groups is 1. The van der Waals surface area contributed by atoms with Crippen LogP contribution in [0, 0.1) is 0 Å². The van der Waals surface area contributed by atoms with E-state index >= 15 is 0 Å². The van der Waals surface area contributed by atoms with Gasteiger partial charge < -0.3 is 9.47 Å². The summed E-state index contributed by atoms with van der Waals surface area (Å²) in [5.41, 5.74) is 0.550. The van der Waals surface area contributed by atoms with Crippen molar-refractivity contribution in [2.45, 2.75) is 13.1 Å². The molecule has 6 nitrogen and oxygen atoms in total. The molecule has 142 valence electrons. The molecule has 0 unspecified atom stereocenters. The molecule has 0 saturated carbocycles. The van der Waals surface area contributed by atoms with Crippen LogP contribution in [0.2, 0.25) is 0 Å². The third-order valence-electron chi connectivity index (χ3n) is 3.28. The summed E-state index contributed by atoms with van der Waals surface area (Å²) in [6.07, 6.45) is -3.29. The van der Waals surface area contributed by atoms with Gasteiger partial charge in [-0.2, -0.15) is 13.2 Å². The van der Waals surface area contributed by atoms with Gasteiger partial charge in [-0.3, -0.25) is 10.1 Å². The van der Waals surface area contributed by atoms with Gasteiger partial charge in [0.25, 0.3) is 5.91 Å². The molecular weight excluding hydrogens is 383 g/mol. The third kappa shape index (κ3) is 4.85. The first-order chi connectivity index (χ1) is 12.9. The number of rotatable bonds is 6. The van der Waals surface area contributed by atoms with Crippen molar-refractivity contribution in [1.29, 1.82) is 0 Å². The van der Waals surface area contributed by atoms with Gasteiger partial charge in [-0.15, -0.1) is 0 Å². The number of hydrogen-bond acceptors (Lipinski definition) is 6. The molecule has 1 amide bonds. The minimum Gasteiger partial charge on any atom is -0.494 e. The number of fused-ring (bicyclic) bond motifs is 1. The van der Waals surface area contributed by atoms with Crippen LogP contribution >= 0.6 is 11.3 Å². The molecule has 2 heterocycles. The molecule has 0 aliphatic rings. The highest BCUT2D eigenvalue weighted by Gasteiger charge is 2.29. The van der Waals surface area contributed by atoms with E-state index in [4.69, 9.17) is 4.74 Å². The van der Waals surface area contributed by atoms with Crippen molar-refractivity contribution < 1.29 is 27.4 Å². The van der Waals surface area contributed by atoms with Crippen LogP contribution in [0.1, 0.15) is 17.3 Å². The van der Waals surface area contributed by atoms with Crippen molar-refractivity contribution in [2.75, 3.05) is 18.5 Å². The lowest BCUT2D eigenvalue weighted by molar-refractivity contribution is -0.154. The molecule has 0 aliphatic heterocycles. The van der Waals surface area contributed by atoms with E-state index in [1.165, 1.54) is 29.7 Å². The number of anilines is 1. The second-order valence-electron chi connectivity index (χ2n) is 5.30. The Balaban J connectivity index is 1.78. The Morgan fingerprint density at radius 3 is 2.81 bits per heavy atom. The van der Waals surface area contributed by atoms with Crippen molar-refractivity contribution in [2.24, 2.45) is 0 Å². The number of amides is 1. The quantitative estimate of drug-likeness (QED) is 0.672. The summed E-state index contributed by atoms with van der Waals surface area (Å²) in [6.45, 7) is 0.857. The summed E-state index contributed by atoms with van der Waals surface area (Å²) < 4.78 is 47.9. The van der Waals surface area contributed by atoms with Gasteiger partial charge in [0.05, 0.1) is 16.8 Å². The number of carbonyl (C=O) groups excluding carboxylic acids is 1. The molecule has 27 heavy (non-hydrogen) atoms. The fourth-order valence-corrected chi connectivity index (χ4v) is 3.10. The normalized spacial score (nSPS) is 11.4. The Bertz CT molecular complexity index is 959. The van der Waals surface area contributed by atoms with Crippen LogP contribution in [0.3, 0.4) is 0 Å². The van der Waals surface area contributed by atoms with E-state index in [2.05, 4.69) is 20.0 Å². The Morgan fingerprint density at radius 2 is 2.07 bits per heavy atom. The van der Waals surface area contributed by atoms with Crippen molar-refractivity contribution in [3.8, 4) is 11.6 Å². The van der Waals surface area contributed by atoms with Crippen LogP contribution in [0.15, 0.2) is 36.5 Å².